The number of rotatable bonds is 10. The first-order chi connectivity index (χ1) is 21.6. The first-order valence-electron chi connectivity index (χ1n) is 13.6. The predicted octanol–water partition coefficient (Wildman–Crippen LogP) is 5.06. The first kappa shape index (κ1) is 30.8. The largest absolute Gasteiger partial charge is 0.493 e. The highest BCUT2D eigenvalue weighted by atomic mass is 19.2. The lowest BCUT2D eigenvalue weighted by Crippen LogP contribution is -2.28. The van der Waals surface area contributed by atoms with Gasteiger partial charge in [-0.05, 0) is 42.0 Å². The molecule has 0 spiro atoms. The van der Waals surface area contributed by atoms with Gasteiger partial charge in [0.05, 0.1) is 37.9 Å². The van der Waals surface area contributed by atoms with Crippen LogP contribution in [0.4, 0.5) is 8.78 Å². The Kier molecular flexibility index (Phi) is 8.84. The third-order valence-electron chi connectivity index (χ3n) is 7.00. The van der Waals surface area contributed by atoms with Gasteiger partial charge in [-0.15, -0.1) is 0 Å². The van der Waals surface area contributed by atoms with Crippen molar-refractivity contribution in [2.45, 2.75) is 13.0 Å². The fourth-order valence-electron chi connectivity index (χ4n) is 4.59. The van der Waals surface area contributed by atoms with Gasteiger partial charge in [-0.25, -0.2) is 8.78 Å². The molecular formula is C33H28F2N4O6. The summed E-state index contributed by atoms with van der Waals surface area (Å²) >= 11 is 0. The number of halogens is 2. The maximum absolute atomic E-state index is 14.0. The van der Waals surface area contributed by atoms with Crippen LogP contribution in [0.25, 0.3) is 22.0 Å². The predicted molar refractivity (Wildman–Crippen MR) is 162 cm³/mol. The molecule has 230 valence electrons. The minimum absolute atomic E-state index is 0.0539. The number of carbonyl (C=O) groups is 2. The van der Waals surface area contributed by atoms with Gasteiger partial charge in [0.15, 0.2) is 34.3 Å². The molecular weight excluding hydrogens is 586 g/mol. The van der Waals surface area contributed by atoms with E-state index >= 15 is 0 Å². The molecule has 3 aromatic heterocycles. The van der Waals surface area contributed by atoms with Crippen LogP contribution in [0.15, 0.2) is 78.1 Å². The Hall–Kier alpha value is -5.65. The second-order valence-electron chi connectivity index (χ2n) is 10.2. The van der Waals surface area contributed by atoms with Crippen LogP contribution in [0.3, 0.4) is 0 Å². The molecule has 0 aliphatic rings. The minimum Gasteiger partial charge on any atom is -0.493 e. The number of hydrogen-bond donors (Lipinski definition) is 0. The topological polar surface area (TPSA) is 113 Å². The van der Waals surface area contributed by atoms with E-state index in [-0.39, 0.29) is 35.6 Å². The molecule has 2 aromatic carbocycles. The van der Waals surface area contributed by atoms with Gasteiger partial charge in [0, 0.05) is 55.4 Å². The van der Waals surface area contributed by atoms with Gasteiger partial charge in [0.1, 0.15) is 18.0 Å². The van der Waals surface area contributed by atoms with E-state index in [1.165, 1.54) is 48.3 Å². The number of pyridine rings is 3. The van der Waals surface area contributed by atoms with Crippen LogP contribution >= 0.6 is 0 Å². The van der Waals surface area contributed by atoms with Crippen molar-refractivity contribution in [2.75, 3.05) is 28.3 Å². The molecule has 0 N–H and O–H groups in total. The van der Waals surface area contributed by atoms with Crippen molar-refractivity contribution >= 4 is 22.6 Å². The molecule has 3 heterocycles. The number of nitrogens with zero attached hydrogens (tertiary/aromatic N) is 4. The van der Waals surface area contributed by atoms with E-state index in [1.54, 1.807) is 50.6 Å². The second-order valence-corrected chi connectivity index (χ2v) is 10.2. The molecule has 0 bridgehead atoms. The zero-order chi connectivity index (χ0) is 32.2. The normalized spacial score (nSPS) is 10.9. The fourth-order valence-corrected chi connectivity index (χ4v) is 4.59. The Labute approximate surface area is 256 Å². The number of likely N-dealkylation sites (N-methyl/N-ethyl adjacent to an activating group) is 1. The zero-order valence-corrected chi connectivity index (χ0v) is 24.8. The smallest absolute Gasteiger partial charge is 0.241 e. The summed E-state index contributed by atoms with van der Waals surface area (Å²) < 4.78 is 45.8. The third-order valence-corrected chi connectivity index (χ3v) is 7.00. The van der Waals surface area contributed by atoms with Crippen molar-refractivity contribution in [3.63, 3.8) is 0 Å². The molecule has 0 aliphatic carbocycles. The zero-order valence-electron chi connectivity index (χ0n) is 24.8. The molecule has 45 heavy (non-hydrogen) atoms. The van der Waals surface area contributed by atoms with Gasteiger partial charge in [-0.3, -0.25) is 24.4 Å². The monoisotopic (exact) mass is 614 g/mol. The number of carbonyl (C=O) groups excluding carboxylic acids is 2. The van der Waals surface area contributed by atoms with Crippen molar-refractivity contribution in [1.82, 2.24) is 19.4 Å². The maximum atomic E-state index is 14.0. The number of fused-ring (bicyclic) bond motifs is 1. The molecule has 0 saturated carbocycles. The van der Waals surface area contributed by atoms with Crippen molar-refractivity contribution in [3.8, 4) is 34.1 Å². The number of ketones is 1. The van der Waals surface area contributed by atoms with E-state index in [4.69, 9.17) is 14.2 Å². The molecule has 1 amide bonds. The lowest BCUT2D eigenvalue weighted by Gasteiger charge is -2.15. The summed E-state index contributed by atoms with van der Waals surface area (Å²) in [5.74, 6) is -1.19. The fraction of sp³-hybridized carbons (Fsp3) is 0.182. The molecule has 10 nitrogen and oxygen atoms in total. The molecule has 0 saturated heterocycles. The Morgan fingerprint density at radius 1 is 0.889 bits per heavy atom. The van der Waals surface area contributed by atoms with Crippen LogP contribution in [-0.2, 0) is 17.8 Å². The molecule has 12 heteroatoms. The number of Topliss-reactive ketones (excluding diaryl/α,β-unsaturated/α-hetero) is 1. The van der Waals surface area contributed by atoms with E-state index in [9.17, 15) is 23.2 Å². The lowest BCUT2D eigenvalue weighted by molar-refractivity contribution is -0.129. The standard InChI is InChI=1S/C33H28F2N4O6/c1-38(2)32(41)18-39-16-23(19-5-8-25(34)26(35)11-19)33(42)24(17-39)28(40)12-20-6-7-21(15-37-20)45-29-9-10-36-27-14-31(44-4)30(43-3)13-22(27)29/h5-11,13-17H,12,18H2,1-4H3. The summed E-state index contributed by atoms with van der Waals surface area (Å²) in [6, 6.07) is 11.4. The van der Waals surface area contributed by atoms with Gasteiger partial charge >= 0.3 is 0 Å². The van der Waals surface area contributed by atoms with Gasteiger partial charge in [-0.2, -0.15) is 0 Å². The van der Waals surface area contributed by atoms with Crippen LogP contribution in [0.2, 0.25) is 0 Å². The summed E-state index contributed by atoms with van der Waals surface area (Å²) in [5.41, 5.74) is 0.0891. The molecule has 0 fully saturated rings. The highest BCUT2D eigenvalue weighted by molar-refractivity contribution is 5.98. The van der Waals surface area contributed by atoms with E-state index in [0.717, 1.165) is 12.1 Å². The highest BCUT2D eigenvalue weighted by Crippen LogP contribution is 2.36. The third kappa shape index (κ3) is 6.64. The van der Waals surface area contributed by atoms with Crippen molar-refractivity contribution < 1.29 is 32.6 Å². The van der Waals surface area contributed by atoms with Crippen LogP contribution in [-0.4, -0.2) is 59.4 Å². The van der Waals surface area contributed by atoms with E-state index in [2.05, 4.69) is 9.97 Å². The number of aromatic nitrogens is 3. The Balaban J connectivity index is 1.41. The van der Waals surface area contributed by atoms with Crippen LogP contribution in [0, 0.1) is 11.6 Å². The Morgan fingerprint density at radius 3 is 2.31 bits per heavy atom. The van der Waals surface area contributed by atoms with Crippen molar-refractivity contribution in [2.24, 2.45) is 0 Å². The quantitative estimate of drug-likeness (QED) is 0.201. The lowest BCUT2D eigenvalue weighted by atomic mass is 10.0. The average molecular weight is 615 g/mol. The molecule has 0 atom stereocenters. The maximum Gasteiger partial charge on any atom is 0.241 e. The summed E-state index contributed by atoms with van der Waals surface area (Å²) in [6.07, 6.45) is 5.42. The van der Waals surface area contributed by atoms with Gasteiger partial charge in [0.25, 0.3) is 0 Å². The molecule has 0 radical (unpaired) electrons. The number of ether oxygens (including phenoxy) is 3. The molecule has 0 aliphatic heterocycles. The van der Waals surface area contributed by atoms with Gasteiger partial charge < -0.3 is 23.7 Å². The Morgan fingerprint density at radius 2 is 1.64 bits per heavy atom. The van der Waals surface area contributed by atoms with E-state index in [1.807, 2.05) is 0 Å². The van der Waals surface area contributed by atoms with E-state index in [0.29, 0.717) is 39.6 Å². The summed E-state index contributed by atoms with van der Waals surface area (Å²) in [7, 11) is 6.20. The van der Waals surface area contributed by atoms with Crippen LogP contribution in [0.1, 0.15) is 16.1 Å². The Bertz CT molecular complexity index is 1980. The van der Waals surface area contributed by atoms with Crippen molar-refractivity contribution in [1.29, 1.82) is 0 Å². The number of benzene rings is 2. The second kappa shape index (κ2) is 12.9. The number of amides is 1. The number of methoxy groups -OCH3 is 2. The first-order valence-corrected chi connectivity index (χ1v) is 13.6. The van der Waals surface area contributed by atoms with Gasteiger partial charge in [-0.1, -0.05) is 6.07 Å². The molecule has 0 unspecified atom stereocenters. The average Bonchev–Trinajstić information content (AvgIpc) is 3.03. The molecule has 5 rings (SSSR count). The van der Waals surface area contributed by atoms with Gasteiger partial charge in [0.2, 0.25) is 5.91 Å². The summed E-state index contributed by atoms with van der Waals surface area (Å²) in [6.45, 7) is -0.184. The SMILES string of the molecule is COc1cc2nccc(Oc3ccc(CC(=O)c4cn(CC(=O)N(C)C)cc(-c5ccc(F)c(F)c5)c4=O)nc3)c2cc1OC. The summed E-state index contributed by atoms with van der Waals surface area (Å²) in [4.78, 5) is 49.3. The van der Waals surface area contributed by atoms with Crippen LogP contribution < -0.4 is 19.6 Å². The highest BCUT2D eigenvalue weighted by Gasteiger charge is 2.20. The van der Waals surface area contributed by atoms with Crippen molar-refractivity contribution in [3.05, 3.63) is 106 Å². The van der Waals surface area contributed by atoms with Crippen LogP contribution in [0.5, 0.6) is 23.0 Å². The van der Waals surface area contributed by atoms with E-state index < -0.39 is 22.8 Å². The minimum atomic E-state index is -1.15. The molecule has 5 aromatic rings. The number of hydrogen-bond acceptors (Lipinski definition) is 8. The summed E-state index contributed by atoms with van der Waals surface area (Å²) in [5, 5.41) is 0.680.